The van der Waals surface area contributed by atoms with E-state index in [0.717, 1.165) is 11.3 Å². The summed E-state index contributed by atoms with van der Waals surface area (Å²) in [6.45, 7) is 6.49. The number of rotatable bonds is 6. The minimum Gasteiger partial charge on any atom is -0.463 e. The van der Waals surface area contributed by atoms with Crippen LogP contribution in [0.2, 0.25) is 0 Å². The quantitative estimate of drug-likeness (QED) is 0.433. The van der Waals surface area contributed by atoms with Crippen LogP contribution in [0.15, 0.2) is 59.8 Å². The topological polar surface area (TPSA) is 106 Å². The van der Waals surface area contributed by atoms with Gasteiger partial charge < -0.3 is 25.6 Å². The third-order valence-electron chi connectivity index (χ3n) is 5.18. The number of carbonyl (C=O) groups is 2. The van der Waals surface area contributed by atoms with E-state index in [1.165, 1.54) is 0 Å². The fraction of sp³-hybridized carbons (Fsp3) is 0.250. The molecular weight excluding hydrogens is 438 g/mol. The zero-order valence-electron chi connectivity index (χ0n) is 18.6. The van der Waals surface area contributed by atoms with Gasteiger partial charge in [0.2, 0.25) is 0 Å². The zero-order chi connectivity index (χ0) is 24.0. The number of anilines is 2. The van der Waals surface area contributed by atoms with Gasteiger partial charge in [0, 0.05) is 23.6 Å². The molecule has 0 saturated carbocycles. The van der Waals surface area contributed by atoms with Gasteiger partial charge in [0.05, 0.1) is 29.9 Å². The number of carbonyl (C=O) groups excluding carboxylic acids is 2. The van der Waals surface area contributed by atoms with Crippen LogP contribution in [0.1, 0.15) is 37.9 Å². The summed E-state index contributed by atoms with van der Waals surface area (Å²) < 4.78 is 5.29. The maximum atomic E-state index is 12.7. The summed E-state index contributed by atoms with van der Waals surface area (Å²) in [4.78, 5) is 26.9. The molecule has 2 aromatic carbocycles. The molecule has 0 radical (unpaired) electrons. The van der Waals surface area contributed by atoms with E-state index in [0.29, 0.717) is 34.2 Å². The molecule has 0 saturated heterocycles. The average Bonchev–Trinajstić information content (AvgIpc) is 2.80. The highest BCUT2D eigenvalue weighted by Gasteiger charge is 2.34. The lowest BCUT2D eigenvalue weighted by molar-refractivity contribution is -0.139. The first-order valence-corrected chi connectivity index (χ1v) is 10.9. The second-order valence-electron chi connectivity index (χ2n) is 7.24. The molecule has 33 heavy (non-hydrogen) atoms. The van der Waals surface area contributed by atoms with Crippen molar-refractivity contribution in [2.75, 3.05) is 23.8 Å². The van der Waals surface area contributed by atoms with E-state index in [1.54, 1.807) is 43.3 Å². The molecule has 1 aliphatic heterocycles. The van der Waals surface area contributed by atoms with E-state index in [4.69, 9.17) is 22.2 Å². The van der Waals surface area contributed by atoms with Crippen LogP contribution < -0.4 is 16.0 Å². The first-order valence-electron chi connectivity index (χ1n) is 10.5. The van der Waals surface area contributed by atoms with E-state index in [2.05, 4.69) is 16.0 Å². The lowest BCUT2D eigenvalue weighted by Crippen LogP contribution is -2.47. The number of esters is 1. The first-order chi connectivity index (χ1) is 15.9. The predicted molar refractivity (Wildman–Crippen MR) is 130 cm³/mol. The Morgan fingerprint density at radius 3 is 2.18 bits per heavy atom. The van der Waals surface area contributed by atoms with Crippen molar-refractivity contribution in [3.05, 3.63) is 70.9 Å². The summed E-state index contributed by atoms with van der Waals surface area (Å²) in [5.74, 6) is -0.391. The van der Waals surface area contributed by atoms with Gasteiger partial charge in [-0.05, 0) is 75.0 Å². The molecule has 1 unspecified atom stereocenters. The van der Waals surface area contributed by atoms with Crippen molar-refractivity contribution in [2.45, 2.75) is 26.8 Å². The molecule has 0 fully saturated rings. The monoisotopic (exact) mass is 463 g/mol. The van der Waals surface area contributed by atoms with Gasteiger partial charge in [-0.1, -0.05) is 12.1 Å². The van der Waals surface area contributed by atoms with Gasteiger partial charge in [0.1, 0.15) is 0 Å². The van der Waals surface area contributed by atoms with Gasteiger partial charge >= 0.3 is 12.0 Å². The molecule has 1 atom stereocenters. The van der Waals surface area contributed by atoms with E-state index in [1.807, 2.05) is 36.9 Å². The second kappa shape index (κ2) is 10.6. The number of nitrogens with zero attached hydrogens (tertiary/aromatic N) is 2. The molecule has 8 nitrogen and oxygen atoms in total. The van der Waals surface area contributed by atoms with E-state index < -0.39 is 18.0 Å². The highest BCUT2D eigenvalue weighted by molar-refractivity contribution is 7.80. The van der Waals surface area contributed by atoms with Crippen molar-refractivity contribution < 1.29 is 14.3 Å². The van der Waals surface area contributed by atoms with E-state index >= 15 is 0 Å². The van der Waals surface area contributed by atoms with Crippen molar-refractivity contribution in [3.63, 3.8) is 0 Å². The summed E-state index contributed by atoms with van der Waals surface area (Å²) in [6.07, 6.45) is 0. The van der Waals surface area contributed by atoms with Crippen molar-refractivity contribution in [2.24, 2.45) is 0 Å². The standard InChI is InChI=1S/C24H25N5O3S/c1-4-29-15(3)20(22(30)32-5-2)21(28-24(29)33)17-8-12-19(13-9-17)27-23(31)26-18-10-6-16(14-25)7-11-18/h6-13,21H,4-5H2,1-3H3,(H,28,33)(H2,26,27,31). The molecule has 2 amide bonds. The van der Waals surface area contributed by atoms with Gasteiger partial charge in [0.15, 0.2) is 5.11 Å². The fourth-order valence-electron chi connectivity index (χ4n) is 3.57. The van der Waals surface area contributed by atoms with Crippen LogP contribution >= 0.6 is 12.2 Å². The minimum absolute atomic E-state index is 0.274. The molecular formula is C24H25N5O3S. The van der Waals surface area contributed by atoms with Crippen molar-refractivity contribution in [1.29, 1.82) is 5.26 Å². The number of benzene rings is 2. The van der Waals surface area contributed by atoms with Gasteiger partial charge in [0.25, 0.3) is 0 Å². The lowest BCUT2D eigenvalue weighted by Gasteiger charge is -2.37. The van der Waals surface area contributed by atoms with Gasteiger partial charge in [-0.25, -0.2) is 9.59 Å². The molecule has 3 rings (SSSR count). The Labute approximate surface area is 198 Å². The Bertz CT molecular complexity index is 1120. The smallest absolute Gasteiger partial charge is 0.338 e. The molecule has 0 aromatic heterocycles. The molecule has 170 valence electrons. The Kier molecular flexibility index (Phi) is 7.64. The predicted octanol–water partition coefficient (Wildman–Crippen LogP) is 4.29. The molecule has 2 aromatic rings. The van der Waals surface area contributed by atoms with Crippen LogP contribution in [0.5, 0.6) is 0 Å². The van der Waals surface area contributed by atoms with E-state index in [9.17, 15) is 9.59 Å². The number of nitrogens with one attached hydrogen (secondary N) is 3. The minimum atomic E-state index is -0.458. The summed E-state index contributed by atoms with van der Waals surface area (Å²) >= 11 is 5.49. The molecule has 1 aliphatic rings. The fourth-order valence-corrected chi connectivity index (χ4v) is 3.95. The van der Waals surface area contributed by atoms with Crippen LogP contribution in [0.25, 0.3) is 0 Å². The van der Waals surface area contributed by atoms with Crippen molar-refractivity contribution in [1.82, 2.24) is 10.2 Å². The molecule has 0 aliphatic carbocycles. The normalized spacial score (nSPS) is 15.4. The first kappa shape index (κ1) is 23.8. The number of amides is 2. The third-order valence-corrected chi connectivity index (χ3v) is 5.52. The number of urea groups is 1. The number of allylic oxidation sites excluding steroid dienone is 1. The van der Waals surface area contributed by atoms with Gasteiger partial charge in [-0.15, -0.1) is 0 Å². The van der Waals surface area contributed by atoms with Crippen LogP contribution in [0.3, 0.4) is 0 Å². The van der Waals surface area contributed by atoms with Crippen LogP contribution in [-0.2, 0) is 9.53 Å². The average molecular weight is 464 g/mol. The number of hydrogen-bond donors (Lipinski definition) is 3. The molecule has 1 heterocycles. The second-order valence-corrected chi connectivity index (χ2v) is 7.62. The number of nitriles is 1. The Morgan fingerprint density at radius 1 is 1.09 bits per heavy atom. The maximum absolute atomic E-state index is 12.7. The van der Waals surface area contributed by atoms with Crippen LogP contribution in [0, 0.1) is 11.3 Å². The number of hydrogen-bond acceptors (Lipinski definition) is 5. The molecule has 0 spiro atoms. The zero-order valence-corrected chi connectivity index (χ0v) is 19.5. The summed E-state index contributed by atoms with van der Waals surface area (Å²) in [5, 5.41) is 18.1. The Balaban J connectivity index is 1.76. The van der Waals surface area contributed by atoms with Crippen LogP contribution in [0.4, 0.5) is 16.2 Å². The highest BCUT2D eigenvalue weighted by Crippen LogP contribution is 2.32. The Hall–Kier alpha value is -3.90. The van der Waals surface area contributed by atoms with E-state index in [-0.39, 0.29) is 6.61 Å². The SMILES string of the molecule is CCOC(=O)C1=C(C)N(CC)C(=S)NC1c1ccc(NC(=O)Nc2ccc(C#N)cc2)cc1. The summed E-state index contributed by atoms with van der Waals surface area (Å²) in [6, 6.07) is 14.9. The van der Waals surface area contributed by atoms with Gasteiger partial charge in [-0.3, -0.25) is 0 Å². The van der Waals surface area contributed by atoms with Crippen LogP contribution in [-0.4, -0.2) is 35.2 Å². The molecule has 0 bridgehead atoms. The maximum Gasteiger partial charge on any atom is 0.338 e. The lowest BCUT2D eigenvalue weighted by atomic mass is 9.95. The summed E-state index contributed by atoms with van der Waals surface area (Å²) in [5.41, 5.74) is 3.75. The highest BCUT2D eigenvalue weighted by atomic mass is 32.1. The van der Waals surface area contributed by atoms with Crippen molar-refractivity contribution in [3.8, 4) is 6.07 Å². The van der Waals surface area contributed by atoms with Gasteiger partial charge in [-0.2, -0.15) is 5.26 Å². The third kappa shape index (κ3) is 5.48. The molecule has 9 heteroatoms. The van der Waals surface area contributed by atoms with Crippen molar-refractivity contribution >= 4 is 40.7 Å². The largest absolute Gasteiger partial charge is 0.463 e. The Morgan fingerprint density at radius 2 is 1.67 bits per heavy atom. The molecule has 3 N–H and O–H groups in total. The number of thiocarbonyl (C=S) groups is 1. The summed E-state index contributed by atoms with van der Waals surface area (Å²) in [7, 11) is 0. The number of ether oxygens (including phenoxy) is 1.